The summed E-state index contributed by atoms with van der Waals surface area (Å²) >= 11 is 0. The number of nitrogens with zero attached hydrogens (tertiary/aromatic N) is 2. The normalized spacial score (nSPS) is 15.3. The molecular weight excluding hydrogens is 417 g/mol. The first-order chi connectivity index (χ1) is 15.4. The van der Waals surface area contributed by atoms with Crippen LogP contribution < -0.4 is 10.9 Å². The number of fused-ring (bicyclic) bond motifs is 1. The monoisotopic (exact) mass is 438 g/mol. The van der Waals surface area contributed by atoms with Crippen molar-refractivity contribution in [1.29, 1.82) is 0 Å². The van der Waals surface area contributed by atoms with E-state index in [9.17, 15) is 18.0 Å². The van der Waals surface area contributed by atoms with Gasteiger partial charge in [0.2, 0.25) is 0 Å². The molecular formula is C24H21F3N4O. The molecule has 0 amide bonds. The van der Waals surface area contributed by atoms with E-state index in [4.69, 9.17) is 0 Å². The zero-order chi connectivity index (χ0) is 22.3. The molecule has 8 heteroatoms. The lowest BCUT2D eigenvalue weighted by atomic mass is 9.94. The quantitative estimate of drug-likeness (QED) is 0.481. The second-order valence-corrected chi connectivity index (χ2v) is 8.06. The summed E-state index contributed by atoms with van der Waals surface area (Å²) in [6.45, 7) is 1.81. The highest BCUT2D eigenvalue weighted by molar-refractivity contribution is 5.80. The predicted octanol–water partition coefficient (Wildman–Crippen LogP) is 4.84. The van der Waals surface area contributed by atoms with Crippen LogP contribution in [0.25, 0.3) is 27.9 Å². The molecule has 0 unspecified atom stereocenters. The van der Waals surface area contributed by atoms with Crippen molar-refractivity contribution < 1.29 is 13.2 Å². The number of halogens is 3. The Labute approximate surface area is 181 Å². The van der Waals surface area contributed by atoms with Gasteiger partial charge in [-0.15, -0.1) is 0 Å². The maximum absolute atomic E-state index is 12.9. The molecule has 0 aliphatic carbocycles. The second-order valence-electron chi connectivity index (χ2n) is 8.06. The molecule has 0 radical (unpaired) electrons. The van der Waals surface area contributed by atoms with Crippen molar-refractivity contribution in [3.8, 4) is 22.3 Å². The van der Waals surface area contributed by atoms with Gasteiger partial charge in [-0.1, -0.05) is 30.3 Å². The average molecular weight is 438 g/mol. The van der Waals surface area contributed by atoms with Crippen molar-refractivity contribution in [3.63, 3.8) is 0 Å². The number of hydrogen-bond donors (Lipinski definition) is 2. The fourth-order valence-corrected chi connectivity index (χ4v) is 4.35. The average Bonchev–Trinajstić information content (AvgIpc) is 3.22. The molecule has 1 fully saturated rings. The number of alkyl halides is 3. The molecule has 4 aromatic rings. The lowest BCUT2D eigenvalue weighted by Gasteiger charge is -2.23. The molecule has 164 valence electrons. The molecule has 1 aliphatic heterocycles. The van der Waals surface area contributed by atoms with Crippen molar-refractivity contribution in [2.24, 2.45) is 0 Å². The molecule has 5 nitrogen and oxygen atoms in total. The molecule has 1 aliphatic rings. The van der Waals surface area contributed by atoms with Gasteiger partial charge in [0.15, 0.2) is 0 Å². The fourth-order valence-electron chi connectivity index (χ4n) is 4.35. The van der Waals surface area contributed by atoms with Gasteiger partial charge in [0.25, 0.3) is 5.56 Å². The number of aromatic nitrogens is 3. The van der Waals surface area contributed by atoms with E-state index in [1.807, 2.05) is 24.3 Å². The highest BCUT2D eigenvalue weighted by Gasteiger charge is 2.30. The Bertz CT molecular complexity index is 1320. The first-order valence-electron chi connectivity index (χ1n) is 10.5. The minimum Gasteiger partial charge on any atom is -0.317 e. The zero-order valence-corrected chi connectivity index (χ0v) is 17.1. The summed E-state index contributed by atoms with van der Waals surface area (Å²) in [6.07, 6.45) is -0.758. The standard InChI is InChI=1S/C24H21F3N4O/c25-24(26,27)19-6-4-15(5-7-19)17-2-1-3-18(12-17)20-14-29-31-21(13-22(32)30-23(20)31)16-8-10-28-11-9-16/h1-7,12-14,16,28H,8-11H2,(H,30,32). The van der Waals surface area contributed by atoms with Gasteiger partial charge in [0.05, 0.1) is 17.5 Å². The molecule has 2 N–H and O–H groups in total. The van der Waals surface area contributed by atoms with Gasteiger partial charge in [-0.25, -0.2) is 4.52 Å². The Morgan fingerprint density at radius 1 is 0.938 bits per heavy atom. The Balaban J connectivity index is 1.55. The first-order valence-corrected chi connectivity index (χ1v) is 10.5. The van der Waals surface area contributed by atoms with E-state index in [1.165, 1.54) is 12.1 Å². The van der Waals surface area contributed by atoms with Gasteiger partial charge in [-0.2, -0.15) is 18.3 Å². The summed E-state index contributed by atoms with van der Waals surface area (Å²) in [6, 6.07) is 14.2. The highest BCUT2D eigenvalue weighted by atomic mass is 19.4. The van der Waals surface area contributed by atoms with Crippen LogP contribution in [0.2, 0.25) is 0 Å². The van der Waals surface area contributed by atoms with Gasteiger partial charge in [-0.05, 0) is 60.8 Å². The topological polar surface area (TPSA) is 62.2 Å². The SMILES string of the molecule is O=c1cc(C2CCNCC2)n2ncc(-c3cccc(-c4ccc(C(F)(F)F)cc4)c3)c2[nH]1. The minimum absolute atomic E-state index is 0.174. The number of benzene rings is 2. The number of hydrogen-bond acceptors (Lipinski definition) is 3. The maximum atomic E-state index is 12.9. The van der Waals surface area contributed by atoms with Crippen LogP contribution in [0.15, 0.2) is 65.6 Å². The Kier molecular flexibility index (Phi) is 5.09. The van der Waals surface area contributed by atoms with E-state index in [2.05, 4.69) is 15.4 Å². The van der Waals surface area contributed by atoms with Crippen LogP contribution in [0.1, 0.15) is 30.0 Å². The molecule has 2 aromatic carbocycles. The summed E-state index contributed by atoms with van der Waals surface area (Å²) in [5.41, 5.74) is 3.73. The molecule has 0 saturated carbocycles. The minimum atomic E-state index is -4.37. The number of rotatable bonds is 3. The molecule has 2 aromatic heterocycles. The van der Waals surface area contributed by atoms with E-state index >= 15 is 0 Å². The summed E-state index contributed by atoms with van der Waals surface area (Å²) in [5, 5.41) is 7.89. The molecule has 32 heavy (non-hydrogen) atoms. The Morgan fingerprint density at radius 2 is 1.66 bits per heavy atom. The smallest absolute Gasteiger partial charge is 0.317 e. The van der Waals surface area contributed by atoms with Gasteiger partial charge >= 0.3 is 6.18 Å². The zero-order valence-electron chi connectivity index (χ0n) is 17.1. The van der Waals surface area contributed by atoms with Crippen molar-refractivity contribution in [1.82, 2.24) is 19.9 Å². The van der Waals surface area contributed by atoms with Crippen LogP contribution in [0.5, 0.6) is 0 Å². The van der Waals surface area contributed by atoms with Gasteiger partial charge in [0, 0.05) is 17.5 Å². The van der Waals surface area contributed by atoms with E-state index in [0.29, 0.717) is 11.2 Å². The summed E-state index contributed by atoms with van der Waals surface area (Å²) in [4.78, 5) is 15.3. The summed E-state index contributed by atoms with van der Waals surface area (Å²) < 4.78 is 40.4. The van der Waals surface area contributed by atoms with Crippen LogP contribution in [0.4, 0.5) is 13.2 Å². The van der Waals surface area contributed by atoms with Gasteiger partial charge in [0.1, 0.15) is 5.65 Å². The van der Waals surface area contributed by atoms with Crippen LogP contribution >= 0.6 is 0 Å². The Hall–Kier alpha value is -3.39. The maximum Gasteiger partial charge on any atom is 0.416 e. The van der Waals surface area contributed by atoms with Crippen molar-refractivity contribution in [2.45, 2.75) is 24.9 Å². The van der Waals surface area contributed by atoms with Crippen LogP contribution in [0.3, 0.4) is 0 Å². The molecule has 0 spiro atoms. The molecule has 0 atom stereocenters. The van der Waals surface area contributed by atoms with Crippen LogP contribution in [0, 0.1) is 0 Å². The molecule has 1 saturated heterocycles. The Morgan fingerprint density at radius 3 is 2.38 bits per heavy atom. The number of nitrogens with one attached hydrogen (secondary N) is 2. The second kappa shape index (κ2) is 7.94. The van der Waals surface area contributed by atoms with Crippen LogP contribution in [-0.4, -0.2) is 27.7 Å². The van der Waals surface area contributed by atoms with Crippen LogP contribution in [-0.2, 0) is 6.18 Å². The highest BCUT2D eigenvalue weighted by Crippen LogP contribution is 2.33. The first kappa shape index (κ1) is 20.5. The summed E-state index contributed by atoms with van der Waals surface area (Å²) in [7, 11) is 0. The number of H-pyrrole nitrogens is 1. The fraction of sp³-hybridized carbons (Fsp3) is 0.250. The number of piperidine rings is 1. The molecule has 5 rings (SSSR count). The predicted molar refractivity (Wildman–Crippen MR) is 117 cm³/mol. The van der Waals surface area contributed by atoms with Crippen molar-refractivity contribution >= 4 is 5.65 Å². The van der Waals surface area contributed by atoms with Crippen molar-refractivity contribution in [3.05, 3.63) is 82.4 Å². The third kappa shape index (κ3) is 3.82. The largest absolute Gasteiger partial charge is 0.416 e. The third-order valence-corrected chi connectivity index (χ3v) is 6.01. The lowest BCUT2D eigenvalue weighted by Crippen LogP contribution is -2.28. The van der Waals surface area contributed by atoms with E-state index in [0.717, 1.165) is 60.4 Å². The van der Waals surface area contributed by atoms with E-state index in [-0.39, 0.29) is 11.5 Å². The number of aromatic amines is 1. The molecule has 0 bridgehead atoms. The lowest BCUT2D eigenvalue weighted by molar-refractivity contribution is -0.137. The molecule has 3 heterocycles. The third-order valence-electron chi connectivity index (χ3n) is 6.01. The van der Waals surface area contributed by atoms with E-state index in [1.54, 1.807) is 16.8 Å². The van der Waals surface area contributed by atoms with Gasteiger partial charge in [-0.3, -0.25) is 4.79 Å². The summed E-state index contributed by atoms with van der Waals surface area (Å²) in [5.74, 6) is 0.257. The van der Waals surface area contributed by atoms with Crippen molar-refractivity contribution in [2.75, 3.05) is 13.1 Å². The van der Waals surface area contributed by atoms with Gasteiger partial charge < -0.3 is 10.3 Å². The van der Waals surface area contributed by atoms with E-state index < -0.39 is 11.7 Å².